The van der Waals surface area contributed by atoms with E-state index in [-0.39, 0.29) is 17.9 Å². The number of para-hydroxylation sites is 1. The summed E-state index contributed by atoms with van der Waals surface area (Å²) in [4.78, 5) is 29.2. The van der Waals surface area contributed by atoms with Gasteiger partial charge in [-0.3, -0.25) is 14.7 Å². The minimum absolute atomic E-state index is 0.209. The lowest BCUT2D eigenvalue weighted by Crippen LogP contribution is -2.15. The Labute approximate surface area is 184 Å². The number of hydrogen-bond acceptors (Lipinski definition) is 5. The van der Waals surface area contributed by atoms with Crippen molar-refractivity contribution in [3.8, 4) is 11.8 Å². The van der Waals surface area contributed by atoms with Crippen molar-refractivity contribution >= 4 is 23.5 Å². The van der Waals surface area contributed by atoms with E-state index in [2.05, 4.69) is 23.4 Å². The average molecular weight is 434 g/mol. The molecule has 31 heavy (non-hydrogen) atoms. The number of nitriles is 1. The van der Waals surface area contributed by atoms with E-state index in [1.54, 1.807) is 12.1 Å². The fraction of sp³-hybridized carbons (Fsp3) is 0.304. The molecule has 8 heteroatoms. The summed E-state index contributed by atoms with van der Waals surface area (Å²) in [6.07, 6.45) is 3.25. The van der Waals surface area contributed by atoms with E-state index in [0.717, 1.165) is 25.0 Å². The number of nitrogens with one attached hydrogen (secondary N) is 2. The fourth-order valence-corrected chi connectivity index (χ4v) is 4.62. The summed E-state index contributed by atoms with van der Waals surface area (Å²) in [6.45, 7) is 2.22. The molecule has 0 radical (unpaired) electrons. The summed E-state index contributed by atoms with van der Waals surface area (Å²) in [5, 5.41) is 15.8. The van der Waals surface area contributed by atoms with Gasteiger partial charge < -0.3 is 5.32 Å². The zero-order valence-electron chi connectivity index (χ0n) is 17.2. The van der Waals surface area contributed by atoms with Gasteiger partial charge in [-0.25, -0.2) is 9.67 Å². The molecule has 0 saturated carbocycles. The lowest BCUT2D eigenvalue weighted by atomic mass is 9.87. The Hall–Kier alpha value is -3.31. The molecule has 1 amide bonds. The van der Waals surface area contributed by atoms with Crippen LogP contribution >= 0.6 is 11.8 Å². The van der Waals surface area contributed by atoms with E-state index in [1.807, 2.05) is 24.3 Å². The lowest BCUT2D eigenvalue weighted by molar-refractivity contribution is -0.115. The van der Waals surface area contributed by atoms with Crippen molar-refractivity contribution in [3.05, 3.63) is 69.6 Å². The first-order valence-corrected chi connectivity index (χ1v) is 11.2. The summed E-state index contributed by atoms with van der Waals surface area (Å²) < 4.78 is 1.38. The third-order valence-corrected chi connectivity index (χ3v) is 6.29. The average Bonchev–Trinajstić information content (AvgIpc) is 3.13. The highest BCUT2D eigenvalue weighted by atomic mass is 32.2. The van der Waals surface area contributed by atoms with E-state index in [1.165, 1.54) is 28.1 Å². The van der Waals surface area contributed by atoms with Crippen molar-refractivity contribution < 1.29 is 4.79 Å². The van der Waals surface area contributed by atoms with Gasteiger partial charge in [0.25, 0.3) is 5.56 Å². The highest BCUT2D eigenvalue weighted by Gasteiger charge is 2.19. The van der Waals surface area contributed by atoms with Crippen LogP contribution in [0, 0.1) is 17.2 Å². The standard InChI is InChI=1S/C23H23N5O2S/c1-15-7-8-19-16(11-15)12-17(14-24)23(25-19)31-10-9-21(29)26-20-13-22(30)28(27-20)18-5-3-2-4-6-18/h2-6,12-13,15,27H,7-11H2,1H3,(H,26,29). The molecule has 0 fully saturated rings. The Morgan fingerprint density at radius 3 is 2.94 bits per heavy atom. The van der Waals surface area contributed by atoms with E-state index >= 15 is 0 Å². The second-order valence-corrected chi connectivity index (χ2v) is 8.82. The van der Waals surface area contributed by atoms with Gasteiger partial charge in [0.1, 0.15) is 16.9 Å². The molecule has 0 aliphatic heterocycles. The van der Waals surface area contributed by atoms with Crippen molar-refractivity contribution in [2.45, 2.75) is 37.6 Å². The van der Waals surface area contributed by atoms with Gasteiger partial charge in [-0.2, -0.15) is 5.26 Å². The first-order valence-electron chi connectivity index (χ1n) is 10.3. The molecule has 3 aromatic rings. The summed E-state index contributed by atoms with van der Waals surface area (Å²) in [6, 6.07) is 14.7. The van der Waals surface area contributed by atoms with Crippen LogP contribution in [0.5, 0.6) is 0 Å². The fourth-order valence-electron chi connectivity index (χ4n) is 3.70. The zero-order valence-corrected chi connectivity index (χ0v) is 18.0. The third kappa shape index (κ3) is 4.89. The molecule has 0 spiro atoms. The number of benzene rings is 1. The van der Waals surface area contributed by atoms with Crippen molar-refractivity contribution in [1.29, 1.82) is 5.26 Å². The predicted octanol–water partition coefficient (Wildman–Crippen LogP) is 3.68. The number of fused-ring (bicyclic) bond motifs is 1. The summed E-state index contributed by atoms with van der Waals surface area (Å²) in [5.74, 6) is 1.25. The minimum Gasteiger partial charge on any atom is -0.311 e. The van der Waals surface area contributed by atoms with Gasteiger partial charge in [-0.15, -0.1) is 11.8 Å². The Morgan fingerprint density at radius 2 is 2.16 bits per heavy atom. The number of hydrogen-bond donors (Lipinski definition) is 2. The van der Waals surface area contributed by atoms with Gasteiger partial charge in [0, 0.05) is 23.9 Å². The summed E-state index contributed by atoms with van der Waals surface area (Å²) in [7, 11) is 0. The molecule has 2 aromatic heterocycles. The van der Waals surface area contributed by atoms with E-state index < -0.39 is 0 Å². The topological polar surface area (TPSA) is 104 Å². The Kier molecular flexibility index (Phi) is 6.23. The molecule has 0 bridgehead atoms. The molecular weight excluding hydrogens is 410 g/mol. The van der Waals surface area contributed by atoms with Gasteiger partial charge in [0.15, 0.2) is 0 Å². The number of anilines is 1. The highest BCUT2D eigenvalue weighted by Crippen LogP contribution is 2.29. The molecule has 2 N–H and O–H groups in total. The number of H-pyrrole nitrogens is 1. The van der Waals surface area contributed by atoms with E-state index in [4.69, 9.17) is 4.98 Å². The van der Waals surface area contributed by atoms with Gasteiger partial charge in [0.2, 0.25) is 5.91 Å². The number of thioether (sulfide) groups is 1. The summed E-state index contributed by atoms with van der Waals surface area (Å²) >= 11 is 1.42. The number of carbonyl (C=O) groups excluding carboxylic acids is 1. The molecule has 4 rings (SSSR count). The lowest BCUT2D eigenvalue weighted by Gasteiger charge is -2.21. The predicted molar refractivity (Wildman–Crippen MR) is 121 cm³/mol. The number of nitrogens with zero attached hydrogens (tertiary/aromatic N) is 3. The second-order valence-electron chi connectivity index (χ2n) is 7.73. The van der Waals surface area contributed by atoms with Crippen LogP contribution in [0.4, 0.5) is 5.82 Å². The number of aromatic nitrogens is 3. The molecule has 7 nitrogen and oxygen atoms in total. The smallest absolute Gasteiger partial charge is 0.273 e. The van der Waals surface area contributed by atoms with Crippen LogP contribution < -0.4 is 10.9 Å². The molecule has 1 aromatic carbocycles. The van der Waals surface area contributed by atoms with Crippen LogP contribution in [0.25, 0.3) is 5.69 Å². The SMILES string of the molecule is CC1CCc2nc(SCCC(=O)Nc3cc(=O)n(-c4ccccc4)[nH]3)c(C#N)cc2C1. The van der Waals surface area contributed by atoms with Gasteiger partial charge in [-0.05, 0) is 48.9 Å². The monoisotopic (exact) mass is 433 g/mol. The third-order valence-electron chi connectivity index (χ3n) is 5.30. The largest absolute Gasteiger partial charge is 0.311 e. The quantitative estimate of drug-likeness (QED) is 0.577. The van der Waals surface area contributed by atoms with Crippen LogP contribution in [0.2, 0.25) is 0 Å². The molecule has 2 heterocycles. The van der Waals surface area contributed by atoms with Gasteiger partial charge in [0.05, 0.1) is 11.3 Å². The molecule has 0 saturated heterocycles. The second kappa shape index (κ2) is 9.23. The molecular formula is C23H23N5O2S. The molecule has 1 unspecified atom stereocenters. The Bertz CT molecular complexity index is 1190. The first-order chi connectivity index (χ1) is 15.0. The van der Waals surface area contributed by atoms with Crippen LogP contribution in [0.3, 0.4) is 0 Å². The van der Waals surface area contributed by atoms with Crippen molar-refractivity contribution in [3.63, 3.8) is 0 Å². The number of carbonyl (C=O) groups is 1. The summed E-state index contributed by atoms with van der Waals surface area (Å²) in [5.41, 5.74) is 3.26. The number of aryl methyl sites for hydroxylation is 1. The number of amides is 1. The zero-order chi connectivity index (χ0) is 21.8. The minimum atomic E-state index is -0.248. The van der Waals surface area contributed by atoms with E-state index in [9.17, 15) is 14.9 Å². The first kappa shape index (κ1) is 20.9. The molecule has 158 valence electrons. The normalized spacial score (nSPS) is 15.2. The highest BCUT2D eigenvalue weighted by molar-refractivity contribution is 7.99. The van der Waals surface area contributed by atoms with Crippen LogP contribution in [-0.4, -0.2) is 26.4 Å². The Balaban J connectivity index is 1.36. The van der Waals surface area contributed by atoms with Crippen LogP contribution in [0.15, 0.2) is 52.3 Å². The van der Waals surface area contributed by atoms with Crippen LogP contribution in [-0.2, 0) is 17.6 Å². The van der Waals surface area contributed by atoms with Gasteiger partial charge in [-0.1, -0.05) is 25.1 Å². The molecule has 1 aliphatic carbocycles. The maximum Gasteiger partial charge on any atom is 0.273 e. The number of rotatable bonds is 6. The van der Waals surface area contributed by atoms with Crippen molar-refractivity contribution in [1.82, 2.24) is 14.8 Å². The maximum atomic E-state index is 12.3. The van der Waals surface area contributed by atoms with Crippen molar-refractivity contribution in [2.75, 3.05) is 11.1 Å². The number of aromatic amines is 1. The molecule has 1 atom stereocenters. The molecule has 1 aliphatic rings. The van der Waals surface area contributed by atoms with Crippen LogP contribution in [0.1, 0.15) is 36.6 Å². The number of pyridine rings is 1. The van der Waals surface area contributed by atoms with Crippen molar-refractivity contribution in [2.24, 2.45) is 5.92 Å². The van der Waals surface area contributed by atoms with E-state index in [0.29, 0.717) is 33.8 Å². The Morgan fingerprint density at radius 1 is 1.35 bits per heavy atom. The van der Waals surface area contributed by atoms with Gasteiger partial charge >= 0.3 is 0 Å². The maximum absolute atomic E-state index is 12.3.